The van der Waals surface area contributed by atoms with Gasteiger partial charge in [0.05, 0.1) is 0 Å². The number of rotatable bonds is 0. The first kappa shape index (κ1) is 9.13. The van der Waals surface area contributed by atoms with Crippen LogP contribution in [-0.4, -0.2) is 13.0 Å². The van der Waals surface area contributed by atoms with E-state index in [4.69, 9.17) is 13.0 Å². The smallest absolute Gasteiger partial charge is 0.254 e. The van der Waals surface area contributed by atoms with Gasteiger partial charge in [-0.3, -0.25) is 4.55 Å². The van der Waals surface area contributed by atoms with Gasteiger partial charge >= 0.3 is 0 Å². The van der Waals surface area contributed by atoms with Crippen molar-refractivity contribution >= 4 is 11.0 Å². The highest BCUT2D eigenvalue weighted by Gasteiger charge is 1.58. The molecule has 1 rings (SSSR count). The van der Waals surface area contributed by atoms with Crippen molar-refractivity contribution in [3.05, 3.63) is 36.4 Å². The maximum Gasteiger partial charge on any atom is 0.254 e. The van der Waals surface area contributed by atoms with E-state index in [1.54, 1.807) is 0 Å². The molecule has 4 heteroatoms. The van der Waals surface area contributed by atoms with Crippen molar-refractivity contribution in [2.24, 2.45) is 0 Å². The average Bonchev–Trinajstić information content (AvgIpc) is 1.90. The fourth-order valence-electron chi connectivity index (χ4n) is 0.342. The number of hydrogen-bond donors (Lipinski definition) is 2. The van der Waals surface area contributed by atoms with Crippen LogP contribution in [0.25, 0.3) is 0 Å². The van der Waals surface area contributed by atoms with Crippen LogP contribution in [0.15, 0.2) is 30.3 Å². The quantitative estimate of drug-likeness (QED) is 0.429. The summed E-state index contributed by atoms with van der Waals surface area (Å²) in [7, 11) is -3.12. The van der Waals surface area contributed by atoms with Gasteiger partial charge in [0.15, 0.2) is 0 Å². The van der Waals surface area contributed by atoms with E-state index < -0.39 is 11.0 Å². The molecule has 0 atom stereocenters. The van der Waals surface area contributed by atoms with Crippen LogP contribution in [0, 0.1) is 6.07 Å². The Labute approximate surface area is 61.1 Å². The summed E-state index contributed by atoms with van der Waals surface area (Å²) in [6.45, 7) is 0. The van der Waals surface area contributed by atoms with Crippen LogP contribution in [-0.2, 0) is 11.0 Å². The third-order valence-corrected chi connectivity index (χ3v) is 0.607. The van der Waals surface area contributed by atoms with E-state index in [1.807, 2.05) is 30.3 Å². The van der Waals surface area contributed by atoms with Gasteiger partial charge in [-0.05, 0) is 6.07 Å². The summed E-state index contributed by atoms with van der Waals surface area (Å²) < 4.78 is 24.2. The molecule has 0 aliphatic carbocycles. The molecule has 0 fully saturated rings. The molecule has 0 unspecified atom stereocenters. The van der Waals surface area contributed by atoms with Crippen LogP contribution < -0.4 is 0 Å². The molecule has 0 aromatic heterocycles. The minimum atomic E-state index is -3.12. The van der Waals surface area contributed by atoms with Crippen LogP contribution in [0.3, 0.4) is 0 Å². The summed E-state index contributed by atoms with van der Waals surface area (Å²) in [5.74, 6) is 0. The number of thiol groups is 1. The molecule has 1 N–H and O–H groups in total. The molecule has 0 saturated heterocycles. The van der Waals surface area contributed by atoms with Crippen LogP contribution in [0.2, 0.25) is 0 Å². The van der Waals surface area contributed by atoms with Crippen molar-refractivity contribution in [3.63, 3.8) is 0 Å². The van der Waals surface area contributed by atoms with Crippen molar-refractivity contribution in [2.45, 2.75) is 0 Å². The highest BCUT2D eigenvalue weighted by atomic mass is 32.2. The third-order valence-electron chi connectivity index (χ3n) is 0.607. The maximum atomic E-state index is 8.59. The summed E-state index contributed by atoms with van der Waals surface area (Å²) in [5.41, 5.74) is 0. The SMILES string of the molecule is O=[SH](=O)O.[c]1ccccc1. The third kappa shape index (κ3) is 10.2. The summed E-state index contributed by atoms with van der Waals surface area (Å²) >= 11 is 0. The lowest BCUT2D eigenvalue weighted by atomic mass is 10.4. The predicted molar refractivity (Wildman–Crippen MR) is 38.2 cm³/mol. The zero-order chi connectivity index (χ0) is 7.82. The zero-order valence-electron chi connectivity index (χ0n) is 5.10. The molecule has 0 spiro atoms. The molecule has 0 amide bonds. The van der Waals surface area contributed by atoms with Crippen molar-refractivity contribution in [2.75, 3.05) is 0 Å². The van der Waals surface area contributed by atoms with E-state index in [9.17, 15) is 0 Å². The highest BCUT2D eigenvalue weighted by molar-refractivity contribution is 7.66. The molecule has 0 saturated carbocycles. The Morgan fingerprint density at radius 1 is 1.10 bits per heavy atom. The molecule has 10 heavy (non-hydrogen) atoms. The monoisotopic (exact) mass is 159 g/mol. The molecule has 55 valence electrons. The lowest BCUT2D eigenvalue weighted by Gasteiger charge is -1.68. The topological polar surface area (TPSA) is 54.4 Å². The second-order valence-corrected chi connectivity index (χ2v) is 1.79. The molecule has 0 heterocycles. The van der Waals surface area contributed by atoms with E-state index in [2.05, 4.69) is 6.07 Å². The predicted octanol–water partition coefficient (Wildman–Crippen LogP) is 0.558. The van der Waals surface area contributed by atoms with Crippen molar-refractivity contribution in [3.8, 4) is 0 Å². The van der Waals surface area contributed by atoms with Gasteiger partial charge in [-0.1, -0.05) is 30.3 Å². The number of benzene rings is 1. The first-order chi connectivity index (χ1) is 4.73. The number of hydrogen-bond acceptors (Lipinski definition) is 2. The van der Waals surface area contributed by atoms with E-state index >= 15 is 0 Å². The second kappa shape index (κ2) is 6.25. The van der Waals surface area contributed by atoms with Gasteiger partial charge in [0.25, 0.3) is 11.0 Å². The normalized spacial score (nSPS) is 8.20. The molecule has 0 bridgehead atoms. The lowest BCUT2D eigenvalue weighted by molar-refractivity contribution is 0.509. The van der Waals surface area contributed by atoms with Gasteiger partial charge < -0.3 is 0 Å². The van der Waals surface area contributed by atoms with Crippen molar-refractivity contribution in [1.82, 2.24) is 0 Å². The van der Waals surface area contributed by atoms with E-state index in [0.717, 1.165) is 0 Å². The highest BCUT2D eigenvalue weighted by Crippen LogP contribution is 1.78. The summed E-state index contributed by atoms with van der Waals surface area (Å²) in [5, 5.41) is 0. The van der Waals surface area contributed by atoms with E-state index in [0.29, 0.717) is 0 Å². The van der Waals surface area contributed by atoms with E-state index in [1.165, 1.54) is 0 Å². The Balaban J connectivity index is 0.000000180. The van der Waals surface area contributed by atoms with Crippen molar-refractivity contribution < 1.29 is 13.0 Å². The molecule has 1 aromatic rings. The maximum absolute atomic E-state index is 8.59. The zero-order valence-corrected chi connectivity index (χ0v) is 5.99. The molecular weight excluding hydrogens is 152 g/mol. The summed E-state index contributed by atoms with van der Waals surface area (Å²) in [6, 6.07) is 12.5. The molecule has 0 aliphatic rings. The summed E-state index contributed by atoms with van der Waals surface area (Å²) in [4.78, 5) is 0. The van der Waals surface area contributed by atoms with Gasteiger partial charge in [-0.25, -0.2) is 8.42 Å². The van der Waals surface area contributed by atoms with Crippen LogP contribution in [0.1, 0.15) is 0 Å². The van der Waals surface area contributed by atoms with Gasteiger partial charge in [-0.2, -0.15) is 0 Å². The minimum absolute atomic E-state index is 1.88. The summed E-state index contributed by atoms with van der Waals surface area (Å²) in [6.07, 6.45) is 0. The largest absolute Gasteiger partial charge is 0.288 e. The Morgan fingerprint density at radius 2 is 1.50 bits per heavy atom. The Bertz CT molecular complexity index is 183. The fraction of sp³-hybridized carbons (Fsp3) is 0. The van der Waals surface area contributed by atoms with Crippen LogP contribution >= 0.6 is 0 Å². The lowest BCUT2D eigenvalue weighted by Crippen LogP contribution is -1.58. The Kier molecular flexibility index (Phi) is 5.71. The van der Waals surface area contributed by atoms with Gasteiger partial charge in [0.1, 0.15) is 0 Å². The molecule has 0 aliphatic heterocycles. The van der Waals surface area contributed by atoms with Crippen LogP contribution in [0.5, 0.6) is 0 Å². The second-order valence-electron chi connectivity index (χ2n) is 1.32. The Morgan fingerprint density at radius 3 is 1.60 bits per heavy atom. The fourth-order valence-corrected chi connectivity index (χ4v) is 0.342. The van der Waals surface area contributed by atoms with Gasteiger partial charge in [0, 0.05) is 0 Å². The van der Waals surface area contributed by atoms with Gasteiger partial charge in [0.2, 0.25) is 0 Å². The minimum Gasteiger partial charge on any atom is -0.288 e. The first-order valence-electron chi connectivity index (χ1n) is 2.48. The Hall–Kier alpha value is -0.870. The standard InChI is InChI=1S/C6H5.H2O3S/c1-2-4-6-5-3-1;1-4(2)3/h1-5H;4H,(H,1,2,3). The van der Waals surface area contributed by atoms with Gasteiger partial charge in [-0.15, -0.1) is 0 Å². The molecular formula is C6H7O3S. The molecule has 3 nitrogen and oxygen atoms in total. The van der Waals surface area contributed by atoms with Crippen LogP contribution in [0.4, 0.5) is 0 Å². The molecule has 1 aromatic carbocycles. The first-order valence-corrected chi connectivity index (χ1v) is 3.61. The van der Waals surface area contributed by atoms with E-state index in [-0.39, 0.29) is 0 Å². The average molecular weight is 159 g/mol. The molecule has 1 radical (unpaired) electrons. The van der Waals surface area contributed by atoms with Crippen molar-refractivity contribution in [1.29, 1.82) is 0 Å².